The van der Waals surface area contributed by atoms with E-state index in [9.17, 15) is 0 Å². The monoisotopic (exact) mass is 299 g/mol. The number of rotatable bonds is 5. The second-order valence-electron chi connectivity index (χ2n) is 5.57. The average Bonchev–Trinajstić information content (AvgIpc) is 3.17. The highest BCUT2D eigenvalue weighted by atomic mass is 16.5. The lowest BCUT2D eigenvalue weighted by atomic mass is 10.1. The Labute approximate surface area is 130 Å². The summed E-state index contributed by atoms with van der Waals surface area (Å²) in [6.45, 7) is 4.80. The van der Waals surface area contributed by atoms with Gasteiger partial charge < -0.3 is 9.26 Å². The second-order valence-corrected chi connectivity index (χ2v) is 5.57. The topological polar surface area (TPSA) is 51.4 Å². The quantitative estimate of drug-likeness (QED) is 0.849. The largest absolute Gasteiger partial charge is 0.496 e. The van der Waals surface area contributed by atoms with Crippen LogP contribution in [0, 0.1) is 6.92 Å². The highest BCUT2D eigenvalue weighted by Crippen LogP contribution is 2.26. The lowest BCUT2D eigenvalue weighted by Gasteiger charge is -2.12. The van der Waals surface area contributed by atoms with Crippen LogP contribution in [0.15, 0.2) is 34.9 Å². The van der Waals surface area contributed by atoms with E-state index in [2.05, 4.69) is 33.3 Å². The first kappa shape index (κ1) is 14.8. The number of likely N-dealkylation sites (tertiary alicyclic amines) is 1. The number of nitrogens with zero attached hydrogens (tertiary/aromatic N) is 3. The highest BCUT2D eigenvalue weighted by molar-refractivity contribution is 5.57. The van der Waals surface area contributed by atoms with E-state index >= 15 is 0 Å². The normalized spacial score (nSPS) is 19.1. The van der Waals surface area contributed by atoms with Gasteiger partial charge in [0.25, 0.3) is 0 Å². The molecule has 3 rings (SSSR count). The molecule has 1 unspecified atom stereocenters. The number of hydrogen-bond acceptors (Lipinski definition) is 5. The Bertz CT molecular complexity index is 651. The van der Waals surface area contributed by atoms with Crippen LogP contribution in [-0.2, 0) is 0 Å². The molecule has 0 bridgehead atoms. The van der Waals surface area contributed by atoms with E-state index in [1.165, 1.54) is 0 Å². The van der Waals surface area contributed by atoms with Crippen LogP contribution in [0.2, 0.25) is 0 Å². The van der Waals surface area contributed by atoms with E-state index in [4.69, 9.17) is 9.26 Å². The Kier molecular flexibility index (Phi) is 4.53. The molecule has 1 fully saturated rings. The summed E-state index contributed by atoms with van der Waals surface area (Å²) in [6.07, 6.45) is 5.37. The molecule has 0 saturated carbocycles. The van der Waals surface area contributed by atoms with E-state index in [1.54, 1.807) is 7.11 Å². The van der Waals surface area contributed by atoms with Crippen molar-refractivity contribution in [3.05, 3.63) is 47.6 Å². The maximum atomic E-state index is 5.35. The first-order valence-electron chi connectivity index (χ1n) is 7.58. The number of aromatic nitrogens is 2. The Morgan fingerprint density at radius 3 is 3.05 bits per heavy atom. The van der Waals surface area contributed by atoms with Crippen LogP contribution in [-0.4, -0.2) is 41.8 Å². The van der Waals surface area contributed by atoms with Gasteiger partial charge in [-0.05, 0) is 26.0 Å². The first-order chi connectivity index (χ1) is 10.8. The first-order valence-corrected chi connectivity index (χ1v) is 7.58. The molecule has 0 spiro atoms. The molecule has 116 valence electrons. The van der Waals surface area contributed by atoms with Crippen LogP contribution in [0.25, 0.3) is 6.08 Å². The fraction of sp³-hybridized carbons (Fsp3) is 0.412. The Hall–Kier alpha value is -2.14. The average molecular weight is 299 g/mol. The van der Waals surface area contributed by atoms with Crippen LogP contribution in [0.3, 0.4) is 0 Å². The van der Waals surface area contributed by atoms with Gasteiger partial charge in [0.1, 0.15) is 5.75 Å². The summed E-state index contributed by atoms with van der Waals surface area (Å²) >= 11 is 0. The van der Waals surface area contributed by atoms with Crippen LogP contribution in [0.1, 0.15) is 29.6 Å². The smallest absolute Gasteiger partial charge is 0.231 e. The summed E-state index contributed by atoms with van der Waals surface area (Å²) in [4.78, 5) is 6.74. The standard InChI is InChI=1S/C17H21N3O2/c1-13-18-17(22-19-13)15-9-11-20(12-15)10-5-7-14-6-3-4-8-16(14)21-2/h3-8,15H,9-12H2,1-2H3/b7-5+. The molecule has 1 atom stereocenters. The van der Waals surface area contributed by atoms with E-state index in [-0.39, 0.29) is 0 Å². The molecule has 22 heavy (non-hydrogen) atoms. The van der Waals surface area contributed by atoms with Gasteiger partial charge in [-0.15, -0.1) is 0 Å². The molecule has 1 aromatic heterocycles. The van der Waals surface area contributed by atoms with Gasteiger partial charge in [-0.25, -0.2) is 0 Å². The van der Waals surface area contributed by atoms with Gasteiger partial charge in [-0.2, -0.15) is 4.98 Å². The zero-order valence-corrected chi connectivity index (χ0v) is 13.0. The highest BCUT2D eigenvalue weighted by Gasteiger charge is 2.27. The van der Waals surface area contributed by atoms with E-state index in [0.29, 0.717) is 11.7 Å². The molecule has 1 aliphatic rings. The molecule has 0 amide bonds. The lowest BCUT2D eigenvalue weighted by molar-refractivity contribution is 0.332. The van der Waals surface area contributed by atoms with Gasteiger partial charge in [0.2, 0.25) is 5.89 Å². The van der Waals surface area contributed by atoms with Gasteiger partial charge >= 0.3 is 0 Å². The SMILES string of the molecule is COc1ccccc1/C=C/CN1CCC(c2nc(C)no2)C1. The summed E-state index contributed by atoms with van der Waals surface area (Å²) in [7, 11) is 1.70. The van der Waals surface area contributed by atoms with Crippen molar-refractivity contribution in [2.75, 3.05) is 26.7 Å². The maximum Gasteiger partial charge on any atom is 0.231 e. The van der Waals surface area contributed by atoms with Gasteiger partial charge in [-0.3, -0.25) is 4.90 Å². The molecular formula is C17H21N3O2. The van der Waals surface area contributed by atoms with Crippen molar-refractivity contribution in [3.8, 4) is 5.75 Å². The molecule has 2 heterocycles. The van der Waals surface area contributed by atoms with Gasteiger partial charge in [-0.1, -0.05) is 35.5 Å². The molecule has 1 saturated heterocycles. The van der Waals surface area contributed by atoms with Crippen LogP contribution < -0.4 is 4.74 Å². The molecule has 0 aliphatic carbocycles. The third-order valence-electron chi connectivity index (χ3n) is 3.96. The maximum absolute atomic E-state index is 5.35. The van der Waals surface area contributed by atoms with Crippen LogP contribution in [0.4, 0.5) is 0 Å². The Morgan fingerprint density at radius 2 is 2.27 bits per heavy atom. The van der Waals surface area contributed by atoms with E-state index < -0.39 is 0 Å². The second kappa shape index (κ2) is 6.75. The third-order valence-corrected chi connectivity index (χ3v) is 3.96. The van der Waals surface area contributed by atoms with Crippen molar-refractivity contribution in [2.45, 2.75) is 19.3 Å². The fourth-order valence-electron chi connectivity index (χ4n) is 2.81. The van der Waals surface area contributed by atoms with Crippen molar-refractivity contribution in [3.63, 3.8) is 0 Å². The number of para-hydroxylation sites is 1. The van der Waals surface area contributed by atoms with Crippen LogP contribution in [0.5, 0.6) is 5.75 Å². The van der Waals surface area contributed by atoms with Crippen molar-refractivity contribution in [1.82, 2.24) is 15.0 Å². The lowest BCUT2D eigenvalue weighted by Crippen LogP contribution is -2.20. The predicted octanol–water partition coefficient (Wildman–Crippen LogP) is 2.89. The number of benzene rings is 1. The zero-order chi connectivity index (χ0) is 15.4. The minimum Gasteiger partial charge on any atom is -0.496 e. The molecule has 1 aromatic carbocycles. The number of hydrogen-bond donors (Lipinski definition) is 0. The van der Waals surface area contributed by atoms with Crippen molar-refractivity contribution in [2.24, 2.45) is 0 Å². The molecule has 5 nitrogen and oxygen atoms in total. The van der Waals surface area contributed by atoms with Crippen molar-refractivity contribution >= 4 is 6.08 Å². The van der Waals surface area contributed by atoms with Gasteiger partial charge in [0.15, 0.2) is 5.82 Å². The van der Waals surface area contributed by atoms with Crippen molar-refractivity contribution in [1.29, 1.82) is 0 Å². The molecule has 5 heteroatoms. The zero-order valence-electron chi connectivity index (χ0n) is 13.0. The minimum atomic E-state index is 0.362. The summed E-state index contributed by atoms with van der Waals surface area (Å²) in [5.74, 6) is 2.75. The van der Waals surface area contributed by atoms with Crippen molar-refractivity contribution < 1.29 is 9.26 Å². The Balaban J connectivity index is 1.55. The molecular weight excluding hydrogens is 278 g/mol. The van der Waals surface area contributed by atoms with Crippen LogP contribution >= 0.6 is 0 Å². The summed E-state index contributed by atoms with van der Waals surface area (Å²) in [6, 6.07) is 8.03. The Morgan fingerprint density at radius 1 is 1.41 bits per heavy atom. The minimum absolute atomic E-state index is 0.362. The molecule has 1 aliphatic heterocycles. The van der Waals surface area contributed by atoms with Gasteiger partial charge in [0, 0.05) is 18.7 Å². The number of aryl methyl sites for hydroxylation is 1. The molecule has 0 radical (unpaired) electrons. The predicted molar refractivity (Wildman–Crippen MR) is 84.9 cm³/mol. The summed E-state index contributed by atoms with van der Waals surface area (Å²) < 4.78 is 10.6. The molecule has 2 aromatic rings. The molecule has 0 N–H and O–H groups in total. The summed E-state index contributed by atoms with van der Waals surface area (Å²) in [5, 5.41) is 3.87. The fourth-order valence-corrected chi connectivity index (χ4v) is 2.81. The van der Waals surface area contributed by atoms with E-state index in [1.807, 2.05) is 25.1 Å². The summed E-state index contributed by atoms with van der Waals surface area (Å²) in [5.41, 5.74) is 1.10. The van der Waals surface area contributed by atoms with Gasteiger partial charge in [0.05, 0.1) is 13.0 Å². The third kappa shape index (κ3) is 3.36. The number of methoxy groups -OCH3 is 1. The number of ether oxygens (including phenoxy) is 1. The van der Waals surface area contributed by atoms with E-state index in [0.717, 1.165) is 43.3 Å².